The third-order valence-electron chi connectivity index (χ3n) is 3.13. The molecule has 1 saturated carbocycles. The monoisotopic (exact) mass is 254 g/mol. The molecule has 0 bridgehead atoms. The van der Waals surface area contributed by atoms with Crippen LogP contribution < -0.4 is 4.74 Å². The van der Waals surface area contributed by atoms with E-state index in [0.29, 0.717) is 17.2 Å². The van der Waals surface area contributed by atoms with Gasteiger partial charge in [0.1, 0.15) is 11.9 Å². The molecule has 3 nitrogen and oxygen atoms in total. The Balaban J connectivity index is 2.11. The molecule has 2 rings (SSSR count). The number of ether oxygens (including phenoxy) is 1. The van der Waals surface area contributed by atoms with E-state index in [1.54, 1.807) is 12.1 Å². The zero-order valence-electron chi connectivity index (χ0n) is 9.43. The van der Waals surface area contributed by atoms with E-state index in [2.05, 4.69) is 0 Å². The predicted molar refractivity (Wildman–Crippen MR) is 65.5 cm³/mol. The molecule has 2 unspecified atom stereocenters. The van der Waals surface area contributed by atoms with Crippen molar-refractivity contribution in [2.75, 3.05) is 0 Å². The van der Waals surface area contributed by atoms with E-state index in [1.807, 2.05) is 12.1 Å². The highest BCUT2D eigenvalue weighted by molar-refractivity contribution is 6.32. The van der Waals surface area contributed by atoms with E-state index >= 15 is 0 Å². The van der Waals surface area contributed by atoms with E-state index in [9.17, 15) is 4.79 Å². The van der Waals surface area contributed by atoms with Crippen molar-refractivity contribution in [1.29, 1.82) is 0 Å². The number of carboxylic acid groups (broad SMARTS) is 1. The van der Waals surface area contributed by atoms with Gasteiger partial charge in [0.2, 0.25) is 0 Å². The summed E-state index contributed by atoms with van der Waals surface area (Å²) in [5.41, 5.74) is 0. The van der Waals surface area contributed by atoms with Crippen LogP contribution in [-0.2, 0) is 4.79 Å². The lowest BCUT2D eigenvalue weighted by atomic mass is 9.86. The largest absolute Gasteiger partial charge is 0.488 e. The lowest BCUT2D eigenvalue weighted by Crippen LogP contribution is -2.35. The number of carboxylic acids is 1. The maximum absolute atomic E-state index is 11.1. The Kier molecular flexibility index (Phi) is 3.89. The van der Waals surface area contributed by atoms with Gasteiger partial charge in [0, 0.05) is 0 Å². The van der Waals surface area contributed by atoms with Gasteiger partial charge < -0.3 is 9.84 Å². The van der Waals surface area contributed by atoms with E-state index in [1.165, 1.54) is 0 Å². The van der Waals surface area contributed by atoms with Crippen molar-refractivity contribution in [1.82, 2.24) is 0 Å². The minimum Gasteiger partial charge on any atom is -0.488 e. The quantitative estimate of drug-likeness (QED) is 0.900. The number of aliphatic carboxylic acids is 1. The molecular formula is C13H15ClO3. The van der Waals surface area contributed by atoms with Crippen LogP contribution in [0.1, 0.15) is 25.7 Å². The maximum atomic E-state index is 11.1. The number of halogens is 1. The average Bonchev–Trinajstić information content (AvgIpc) is 2.32. The van der Waals surface area contributed by atoms with Gasteiger partial charge in [-0.3, -0.25) is 4.79 Å². The maximum Gasteiger partial charge on any atom is 0.310 e. The summed E-state index contributed by atoms with van der Waals surface area (Å²) in [4.78, 5) is 11.1. The number of benzene rings is 1. The second-order valence-electron chi connectivity index (χ2n) is 4.32. The lowest BCUT2D eigenvalue weighted by Gasteiger charge is -2.29. The normalized spacial score (nSPS) is 24.3. The molecule has 0 amide bonds. The summed E-state index contributed by atoms with van der Waals surface area (Å²) in [5.74, 6) is -0.617. The molecule has 1 fully saturated rings. The third kappa shape index (κ3) is 2.91. The molecule has 1 aromatic rings. The summed E-state index contributed by atoms with van der Waals surface area (Å²) < 4.78 is 5.75. The number of hydrogen-bond donors (Lipinski definition) is 1. The van der Waals surface area contributed by atoms with Crippen molar-refractivity contribution in [3.05, 3.63) is 29.3 Å². The summed E-state index contributed by atoms with van der Waals surface area (Å²) >= 11 is 6.00. The van der Waals surface area contributed by atoms with Gasteiger partial charge in [-0.1, -0.05) is 30.2 Å². The Hall–Kier alpha value is -1.22. The van der Waals surface area contributed by atoms with Crippen LogP contribution in [-0.4, -0.2) is 17.2 Å². The van der Waals surface area contributed by atoms with Crippen molar-refractivity contribution in [3.8, 4) is 5.75 Å². The van der Waals surface area contributed by atoms with Crippen molar-refractivity contribution >= 4 is 17.6 Å². The highest BCUT2D eigenvalue weighted by Crippen LogP contribution is 2.31. The van der Waals surface area contributed by atoms with Crippen LogP contribution in [0.3, 0.4) is 0 Å². The SMILES string of the molecule is O=C(O)C1CCCCC1Oc1ccccc1Cl. The molecule has 2 atom stereocenters. The van der Waals surface area contributed by atoms with Crippen molar-refractivity contribution in [2.45, 2.75) is 31.8 Å². The number of rotatable bonds is 3. The van der Waals surface area contributed by atoms with E-state index in [-0.39, 0.29) is 6.10 Å². The van der Waals surface area contributed by atoms with Crippen LogP contribution in [0, 0.1) is 5.92 Å². The molecule has 17 heavy (non-hydrogen) atoms. The summed E-state index contributed by atoms with van der Waals surface area (Å²) in [7, 11) is 0. The zero-order chi connectivity index (χ0) is 12.3. The predicted octanol–water partition coefficient (Wildman–Crippen LogP) is 3.36. The van der Waals surface area contributed by atoms with Gasteiger partial charge in [0.15, 0.2) is 0 Å². The van der Waals surface area contributed by atoms with Gasteiger partial charge >= 0.3 is 5.97 Å². The minimum absolute atomic E-state index is 0.263. The standard InChI is InChI=1S/C13H15ClO3/c14-10-6-2-4-8-12(10)17-11-7-3-1-5-9(11)13(15)16/h2,4,6,8-9,11H,1,3,5,7H2,(H,15,16). The second-order valence-corrected chi connectivity index (χ2v) is 4.72. The van der Waals surface area contributed by atoms with Gasteiger partial charge in [-0.15, -0.1) is 0 Å². The average molecular weight is 255 g/mol. The third-order valence-corrected chi connectivity index (χ3v) is 3.45. The molecule has 1 aliphatic carbocycles. The van der Waals surface area contributed by atoms with Crippen LogP contribution in [0.25, 0.3) is 0 Å². The molecule has 92 valence electrons. The lowest BCUT2D eigenvalue weighted by molar-refractivity contribution is -0.146. The minimum atomic E-state index is -0.776. The Morgan fingerprint density at radius 1 is 1.29 bits per heavy atom. The van der Waals surface area contributed by atoms with Gasteiger partial charge in [-0.25, -0.2) is 0 Å². The van der Waals surface area contributed by atoms with Gasteiger partial charge in [-0.05, 0) is 31.4 Å². The smallest absolute Gasteiger partial charge is 0.310 e. The Morgan fingerprint density at radius 3 is 2.71 bits per heavy atom. The first kappa shape index (κ1) is 12.2. The van der Waals surface area contributed by atoms with E-state index < -0.39 is 11.9 Å². The van der Waals surface area contributed by atoms with Crippen molar-refractivity contribution < 1.29 is 14.6 Å². The molecule has 1 aliphatic rings. The van der Waals surface area contributed by atoms with Crippen molar-refractivity contribution in [3.63, 3.8) is 0 Å². The first-order chi connectivity index (χ1) is 8.18. The highest BCUT2D eigenvalue weighted by atomic mass is 35.5. The number of carbonyl (C=O) groups is 1. The van der Waals surface area contributed by atoms with E-state index in [0.717, 1.165) is 19.3 Å². The molecule has 0 radical (unpaired) electrons. The topological polar surface area (TPSA) is 46.5 Å². The fraction of sp³-hybridized carbons (Fsp3) is 0.462. The van der Waals surface area contributed by atoms with Crippen LogP contribution in [0.15, 0.2) is 24.3 Å². The van der Waals surface area contributed by atoms with E-state index in [4.69, 9.17) is 21.4 Å². The van der Waals surface area contributed by atoms with Crippen LogP contribution in [0.4, 0.5) is 0 Å². The van der Waals surface area contributed by atoms with Gasteiger partial charge in [-0.2, -0.15) is 0 Å². The van der Waals surface area contributed by atoms with Gasteiger partial charge in [0.05, 0.1) is 10.9 Å². The fourth-order valence-electron chi connectivity index (χ4n) is 2.22. The summed E-state index contributed by atoms with van der Waals surface area (Å²) in [6, 6.07) is 7.18. The first-order valence-corrected chi connectivity index (χ1v) is 6.20. The summed E-state index contributed by atoms with van der Waals surface area (Å²) in [5, 5.41) is 9.67. The highest BCUT2D eigenvalue weighted by Gasteiger charge is 2.32. The zero-order valence-corrected chi connectivity index (χ0v) is 10.2. The molecular weight excluding hydrogens is 240 g/mol. The molecule has 0 heterocycles. The van der Waals surface area contributed by atoms with Crippen LogP contribution >= 0.6 is 11.6 Å². The molecule has 4 heteroatoms. The Morgan fingerprint density at radius 2 is 2.00 bits per heavy atom. The molecule has 0 aromatic heterocycles. The van der Waals surface area contributed by atoms with Crippen LogP contribution in [0.5, 0.6) is 5.75 Å². The fourth-order valence-corrected chi connectivity index (χ4v) is 2.40. The first-order valence-electron chi connectivity index (χ1n) is 5.82. The number of hydrogen-bond acceptors (Lipinski definition) is 2. The summed E-state index contributed by atoms with van der Waals surface area (Å²) in [6.45, 7) is 0. The Labute approximate surface area is 105 Å². The van der Waals surface area contributed by atoms with Crippen molar-refractivity contribution in [2.24, 2.45) is 5.92 Å². The summed E-state index contributed by atoms with van der Waals surface area (Å²) in [6.07, 6.45) is 3.17. The molecule has 0 spiro atoms. The molecule has 0 saturated heterocycles. The molecule has 1 aromatic carbocycles. The number of para-hydroxylation sites is 1. The van der Waals surface area contributed by atoms with Crippen LogP contribution in [0.2, 0.25) is 5.02 Å². The molecule has 0 aliphatic heterocycles. The Bertz CT molecular complexity index is 405. The van der Waals surface area contributed by atoms with Gasteiger partial charge in [0.25, 0.3) is 0 Å². The molecule has 1 N–H and O–H groups in total. The second kappa shape index (κ2) is 5.41.